The number of fused-ring (bicyclic) bond motifs is 3. The fourth-order valence-electron chi connectivity index (χ4n) is 2.96. The van der Waals surface area contributed by atoms with Gasteiger partial charge in [-0.05, 0) is 30.0 Å². The molecule has 0 aliphatic carbocycles. The van der Waals surface area contributed by atoms with Crippen molar-refractivity contribution in [1.29, 1.82) is 0 Å². The predicted octanol–water partition coefficient (Wildman–Crippen LogP) is 4.76. The largest absolute Gasteiger partial charge is 0.254 e. The van der Waals surface area contributed by atoms with E-state index in [-0.39, 0.29) is 0 Å². The van der Waals surface area contributed by atoms with Crippen molar-refractivity contribution in [3.05, 3.63) is 48.3 Å². The monoisotopic (exact) mass is 264 g/mol. The molecule has 0 aliphatic heterocycles. The Hall–Kier alpha value is -1.96. The number of pyridine rings is 2. The van der Waals surface area contributed by atoms with Gasteiger partial charge in [-0.1, -0.05) is 44.9 Å². The van der Waals surface area contributed by atoms with Crippen molar-refractivity contribution in [1.82, 2.24) is 9.97 Å². The van der Waals surface area contributed by atoms with Crippen LogP contribution in [-0.4, -0.2) is 9.97 Å². The van der Waals surface area contributed by atoms with Gasteiger partial charge >= 0.3 is 0 Å². The Morgan fingerprint density at radius 1 is 1.00 bits per heavy atom. The van der Waals surface area contributed by atoms with E-state index in [1.165, 1.54) is 23.8 Å². The lowest BCUT2D eigenvalue weighted by atomic mass is 9.94. The second-order valence-electron chi connectivity index (χ2n) is 5.60. The summed E-state index contributed by atoms with van der Waals surface area (Å²) >= 11 is 0. The molecule has 0 saturated heterocycles. The molecule has 0 amide bonds. The van der Waals surface area contributed by atoms with Gasteiger partial charge < -0.3 is 0 Å². The molecule has 3 rings (SSSR count). The van der Waals surface area contributed by atoms with Crippen LogP contribution in [0.15, 0.2) is 42.7 Å². The van der Waals surface area contributed by atoms with E-state index in [1.54, 1.807) is 0 Å². The number of benzene rings is 1. The lowest BCUT2D eigenvalue weighted by Crippen LogP contribution is -2.00. The van der Waals surface area contributed by atoms with Gasteiger partial charge in [-0.3, -0.25) is 9.97 Å². The standard InChI is InChI=1S/C18H20N2/c1-3-5-13(2)12-15-9-11-20-18-16(15)8-7-14-6-4-10-19-17(14)18/h4,6-11,13H,3,5,12H2,1-2H3. The predicted molar refractivity (Wildman–Crippen MR) is 84.8 cm³/mol. The minimum atomic E-state index is 0.713. The number of hydrogen-bond acceptors (Lipinski definition) is 2. The summed E-state index contributed by atoms with van der Waals surface area (Å²) < 4.78 is 0. The van der Waals surface area contributed by atoms with Crippen LogP contribution in [0.5, 0.6) is 0 Å². The van der Waals surface area contributed by atoms with Crippen molar-refractivity contribution >= 4 is 21.8 Å². The van der Waals surface area contributed by atoms with Crippen LogP contribution in [0.25, 0.3) is 21.8 Å². The summed E-state index contributed by atoms with van der Waals surface area (Å²) in [5, 5.41) is 2.41. The molecular formula is C18H20N2. The second kappa shape index (κ2) is 5.58. The third kappa shape index (κ3) is 2.38. The summed E-state index contributed by atoms with van der Waals surface area (Å²) in [6.45, 7) is 4.58. The van der Waals surface area contributed by atoms with E-state index in [9.17, 15) is 0 Å². The highest BCUT2D eigenvalue weighted by Crippen LogP contribution is 2.26. The van der Waals surface area contributed by atoms with Gasteiger partial charge in [0, 0.05) is 23.2 Å². The van der Waals surface area contributed by atoms with Gasteiger partial charge in [-0.2, -0.15) is 0 Å². The fraction of sp³-hybridized carbons (Fsp3) is 0.333. The zero-order valence-corrected chi connectivity index (χ0v) is 12.1. The van der Waals surface area contributed by atoms with Crippen molar-refractivity contribution < 1.29 is 0 Å². The maximum Gasteiger partial charge on any atom is 0.0967 e. The molecule has 20 heavy (non-hydrogen) atoms. The van der Waals surface area contributed by atoms with Gasteiger partial charge in [-0.15, -0.1) is 0 Å². The Morgan fingerprint density at radius 3 is 2.70 bits per heavy atom. The highest BCUT2D eigenvalue weighted by molar-refractivity contribution is 6.03. The quantitative estimate of drug-likeness (QED) is 0.635. The van der Waals surface area contributed by atoms with E-state index in [2.05, 4.69) is 48.1 Å². The zero-order chi connectivity index (χ0) is 13.9. The van der Waals surface area contributed by atoms with Crippen LogP contribution < -0.4 is 0 Å². The van der Waals surface area contributed by atoms with Gasteiger partial charge in [0.2, 0.25) is 0 Å². The van der Waals surface area contributed by atoms with Crippen molar-refractivity contribution in [3.8, 4) is 0 Å². The summed E-state index contributed by atoms with van der Waals surface area (Å²) in [6, 6.07) is 10.6. The summed E-state index contributed by atoms with van der Waals surface area (Å²) in [5.41, 5.74) is 3.43. The highest BCUT2D eigenvalue weighted by atomic mass is 14.7. The lowest BCUT2D eigenvalue weighted by molar-refractivity contribution is 0.524. The van der Waals surface area contributed by atoms with Crippen LogP contribution in [0, 0.1) is 5.92 Å². The van der Waals surface area contributed by atoms with Crippen LogP contribution in [0.1, 0.15) is 32.3 Å². The zero-order valence-electron chi connectivity index (χ0n) is 12.1. The van der Waals surface area contributed by atoms with E-state index in [4.69, 9.17) is 0 Å². The number of hydrogen-bond donors (Lipinski definition) is 0. The van der Waals surface area contributed by atoms with Gasteiger partial charge in [0.1, 0.15) is 0 Å². The normalized spacial score (nSPS) is 12.9. The molecule has 3 aromatic rings. The van der Waals surface area contributed by atoms with Crippen LogP contribution in [0.3, 0.4) is 0 Å². The Morgan fingerprint density at radius 2 is 1.85 bits per heavy atom. The molecule has 0 spiro atoms. The third-order valence-electron chi connectivity index (χ3n) is 3.92. The van der Waals surface area contributed by atoms with Gasteiger partial charge in [-0.25, -0.2) is 0 Å². The topological polar surface area (TPSA) is 25.8 Å². The SMILES string of the molecule is CCCC(C)Cc1ccnc2c1ccc1cccnc12. The molecule has 0 radical (unpaired) electrons. The molecule has 2 heterocycles. The van der Waals surface area contributed by atoms with Gasteiger partial charge in [0.15, 0.2) is 0 Å². The molecule has 0 fully saturated rings. The fourth-order valence-corrected chi connectivity index (χ4v) is 2.96. The molecule has 1 aromatic carbocycles. The minimum Gasteiger partial charge on any atom is -0.254 e. The van der Waals surface area contributed by atoms with Gasteiger partial charge in [0.05, 0.1) is 11.0 Å². The van der Waals surface area contributed by atoms with Crippen LogP contribution in [0.4, 0.5) is 0 Å². The number of rotatable bonds is 4. The Kier molecular flexibility index (Phi) is 3.64. The molecule has 2 heteroatoms. The molecule has 0 saturated carbocycles. The van der Waals surface area contributed by atoms with Crippen molar-refractivity contribution in [3.63, 3.8) is 0 Å². The average Bonchev–Trinajstić information content (AvgIpc) is 2.47. The molecule has 0 N–H and O–H groups in total. The van der Waals surface area contributed by atoms with Gasteiger partial charge in [0.25, 0.3) is 0 Å². The van der Waals surface area contributed by atoms with Crippen molar-refractivity contribution in [2.75, 3.05) is 0 Å². The molecule has 2 aromatic heterocycles. The molecule has 0 bridgehead atoms. The Labute approximate surface area is 119 Å². The molecule has 2 nitrogen and oxygen atoms in total. The van der Waals surface area contributed by atoms with Crippen LogP contribution in [0.2, 0.25) is 0 Å². The molecular weight excluding hydrogens is 244 g/mol. The summed E-state index contributed by atoms with van der Waals surface area (Å²) in [7, 11) is 0. The maximum atomic E-state index is 4.56. The highest BCUT2D eigenvalue weighted by Gasteiger charge is 2.09. The smallest absolute Gasteiger partial charge is 0.0967 e. The van der Waals surface area contributed by atoms with E-state index < -0.39 is 0 Å². The van der Waals surface area contributed by atoms with E-state index in [0.717, 1.165) is 22.8 Å². The third-order valence-corrected chi connectivity index (χ3v) is 3.92. The van der Waals surface area contributed by atoms with Crippen molar-refractivity contribution in [2.45, 2.75) is 33.1 Å². The summed E-state index contributed by atoms with van der Waals surface area (Å²) in [5.74, 6) is 0.713. The van der Waals surface area contributed by atoms with Crippen LogP contribution >= 0.6 is 0 Å². The van der Waals surface area contributed by atoms with E-state index >= 15 is 0 Å². The first-order valence-electron chi connectivity index (χ1n) is 7.41. The van der Waals surface area contributed by atoms with E-state index in [0.29, 0.717) is 5.92 Å². The summed E-state index contributed by atoms with van der Waals surface area (Å²) in [6.07, 6.45) is 7.40. The molecule has 1 atom stereocenters. The summed E-state index contributed by atoms with van der Waals surface area (Å²) in [4.78, 5) is 9.06. The molecule has 1 unspecified atom stereocenters. The maximum absolute atomic E-state index is 4.56. The number of nitrogens with zero attached hydrogens (tertiary/aromatic N) is 2. The van der Waals surface area contributed by atoms with Crippen molar-refractivity contribution in [2.24, 2.45) is 5.92 Å². The number of aromatic nitrogens is 2. The minimum absolute atomic E-state index is 0.713. The first-order chi connectivity index (χ1) is 9.79. The molecule has 0 aliphatic rings. The van der Waals surface area contributed by atoms with E-state index in [1.807, 2.05) is 18.5 Å². The Bertz CT molecular complexity index is 734. The first-order valence-corrected chi connectivity index (χ1v) is 7.41. The van der Waals surface area contributed by atoms with Crippen LogP contribution in [-0.2, 0) is 6.42 Å². The first kappa shape index (κ1) is 13.0. The Balaban J connectivity index is 2.12. The lowest BCUT2D eigenvalue weighted by Gasteiger charge is -2.12. The second-order valence-corrected chi connectivity index (χ2v) is 5.60. The molecule has 102 valence electrons. The average molecular weight is 264 g/mol.